The highest BCUT2D eigenvalue weighted by Crippen LogP contribution is 2.39. The minimum absolute atomic E-state index is 0.150. The summed E-state index contributed by atoms with van der Waals surface area (Å²) >= 11 is 0. The van der Waals surface area contributed by atoms with Gasteiger partial charge < -0.3 is 14.6 Å². The summed E-state index contributed by atoms with van der Waals surface area (Å²) in [5.41, 5.74) is -0.877. The lowest BCUT2D eigenvalue weighted by atomic mass is 10.1. The van der Waals surface area contributed by atoms with Crippen LogP contribution in [0.15, 0.2) is 30.0 Å². The number of nitrogens with zero attached hydrogens (tertiary/aromatic N) is 7. The Hall–Kier alpha value is -4.00. The zero-order valence-electron chi connectivity index (χ0n) is 25.2. The molecule has 0 spiro atoms. The van der Waals surface area contributed by atoms with E-state index in [-0.39, 0.29) is 28.3 Å². The highest BCUT2D eigenvalue weighted by molar-refractivity contribution is 7.84. The van der Waals surface area contributed by atoms with Gasteiger partial charge in [0.2, 0.25) is 11.9 Å². The average molecular weight is 734 g/mol. The highest BCUT2D eigenvalue weighted by atomic mass is 32.2. The number of aliphatic hydroxyl groups is 1. The Labute approximate surface area is 274 Å². The van der Waals surface area contributed by atoms with Gasteiger partial charge in [-0.15, -0.1) is 9.42 Å². The van der Waals surface area contributed by atoms with Crippen molar-refractivity contribution in [3.8, 4) is 0 Å². The fraction of sp³-hybridized carbons (Fsp3) is 0.542. The number of halogens is 2. The van der Waals surface area contributed by atoms with Crippen LogP contribution in [0.5, 0.6) is 0 Å². The van der Waals surface area contributed by atoms with Crippen LogP contribution in [-0.4, -0.2) is 113 Å². The van der Waals surface area contributed by atoms with Crippen LogP contribution in [-0.2, 0) is 37.8 Å². The van der Waals surface area contributed by atoms with Crippen molar-refractivity contribution in [2.45, 2.75) is 63.1 Å². The number of carbonyl (C=O) groups is 1. The van der Waals surface area contributed by atoms with Gasteiger partial charge in [0.1, 0.15) is 24.1 Å². The van der Waals surface area contributed by atoms with Gasteiger partial charge in [-0.25, -0.2) is 32.9 Å². The van der Waals surface area contributed by atoms with E-state index in [1.165, 1.54) is 23.4 Å². The Balaban J connectivity index is 1.23. The monoisotopic (exact) mass is 733 g/mol. The number of fused-ring (bicyclic) bond motifs is 2. The molecule has 6 rings (SSSR count). The number of hydrogen-bond donors (Lipinski definition) is 5. The van der Waals surface area contributed by atoms with Crippen molar-refractivity contribution in [3.05, 3.63) is 35.5 Å². The van der Waals surface area contributed by atoms with Gasteiger partial charge in [-0.2, -0.15) is 18.1 Å². The van der Waals surface area contributed by atoms with Crippen LogP contribution >= 0.6 is 8.25 Å². The predicted octanol–water partition coefficient (Wildman–Crippen LogP) is -0.728. The number of H-pyrrole nitrogens is 1. The SMILES string of the molecule is CC(C)C(=O)Nc1nc2c(ncn2[C@@H]2O[C@H](CO)[C@@H](F)[C@H]2OS(=O)(=O)NC[C@H]2O[C@@H](n3cnc4cncnc43)[C@H](F)[C@@H]2O[P+](=O)O)c(=O)[nH]1. The van der Waals surface area contributed by atoms with Crippen LogP contribution < -0.4 is 15.6 Å². The Morgan fingerprint density at radius 3 is 2.53 bits per heavy atom. The van der Waals surface area contributed by atoms with Crippen molar-refractivity contribution in [3.63, 3.8) is 0 Å². The second-order valence-corrected chi connectivity index (χ2v) is 13.2. The van der Waals surface area contributed by atoms with E-state index in [9.17, 15) is 32.6 Å². The molecule has 1 amide bonds. The molecule has 4 aromatic heterocycles. The first kappa shape index (κ1) is 34.8. The van der Waals surface area contributed by atoms with Crippen molar-refractivity contribution in [1.82, 2.24) is 43.8 Å². The summed E-state index contributed by atoms with van der Waals surface area (Å²) in [6, 6.07) is 0. The van der Waals surface area contributed by atoms with Crippen LogP contribution in [0.4, 0.5) is 14.7 Å². The van der Waals surface area contributed by atoms with Crippen molar-refractivity contribution in [2.24, 2.45) is 5.92 Å². The zero-order valence-corrected chi connectivity index (χ0v) is 26.9. The zero-order chi connectivity index (χ0) is 35.2. The topological polar surface area (TPSA) is 277 Å². The van der Waals surface area contributed by atoms with Gasteiger partial charge in [-0.05, 0) is 0 Å². The predicted molar refractivity (Wildman–Crippen MR) is 158 cm³/mol. The molecule has 2 aliphatic rings. The Bertz CT molecular complexity index is 2050. The van der Waals surface area contributed by atoms with Crippen LogP contribution in [0.25, 0.3) is 22.3 Å². The summed E-state index contributed by atoms with van der Waals surface area (Å²) in [6.45, 7) is 1.50. The number of aromatic nitrogens is 8. The fourth-order valence-corrected chi connectivity index (χ4v) is 6.64. The van der Waals surface area contributed by atoms with Crippen molar-refractivity contribution >= 4 is 52.7 Å². The molecule has 2 saturated heterocycles. The summed E-state index contributed by atoms with van der Waals surface area (Å²) in [5.74, 6) is -1.26. The van der Waals surface area contributed by atoms with Crippen LogP contribution in [0.3, 0.4) is 0 Å². The number of ether oxygens (including phenoxy) is 2. The van der Waals surface area contributed by atoms with Gasteiger partial charge in [0, 0.05) is 17.0 Å². The number of anilines is 1. The van der Waals surface area contributed by atoms with Crippen molar-refractivity contribution in [2.75, 3.05) is 18.5 Å². The molecular formula is C24H28F2N10O11PS+. The first-order chi connectivity index (χ1) is 23.3. The lowest BCUT2D eigenvalue weighted by Crippen LogP contribution is -2.43. The van der Waals surface area contributed by atoms with Gasteiger partial charge in [-0.1, -0.05) is 13.8 Å². The molecule has 0 aliphatic carbocycles. The van der Waals surface area contributed by atoms with E-state index in [0.717, 1.165) is 10.9 Å². The molecule has 5 N–H and O–H groups in total. The van der Waals surface area contributed by atoms with Gasteiger partial charge in [-0.3, -0.25) is 29.0 Å². The number of hydrogen-bond acceptors (Lipinski definition) is 15. The molecule has 49 heavy (non-hydrogen) atoms. The number of aliphatic hydroxyl groups excluding tert-OH is 1. The third kappa shape index (κ3) is 6.91. The molecule has 0 aromatic carbocycles. The van der Waals surface area contributed by atoms with Gasteiger partial charge in [0.05, 0.1) is 25.5 Å². The van der Waals surface area contributed by atoms with E-state index in [4.69, 9.17) is 18.2 Å². The third-order valence-corrected chi connectivity index (χ3v) is 9.03. The van der Waals surface area contributed by atoms with E-state index in [2.05, 4.69) is 35.2 Å². The minimum atomic E-state index is -4.98. The normalized spacial score (nSPS) is 27.8. The standard InChI is InChI=1S/C24H27F2N10O11PS/c1-9(2)20(38)33-24-32-19-15(21(39)34-24)30-8-36(19)23-17(13(25)12(5-37)45-23)47-49(42,43)31-4-11-16(46-48(40)41)14(26)22(44-11)35-7-29-10-3-27-6-28-18(10)35/h3,6-9,11-14,16-17,22-23,31,37H,4-5H2,1-2H3,(H2-,32,33,34,38,39,40,41)/p+1/t11-,12-,13-,14-,16-,17-,22-,23-/m1/s1. The second kappa shape index (κ2) is 13.7. The summed E-state index contributed by atoms with van der Waals surface area (Å²) in [6.07, 6.45) is -9.78. The average Bonchev–Trinajstić information content (AvgIpc) is 3.81. The molecule has 2 fully saturated rings. The molecule has 4 aromatic rings. The Morgan fingerprint density at radius 1 is 1.10 bits per heavy atom. The molecule has 0 saturated carbocycles. The van der Waals surface area contributed by atoms with Gasteiger partial charge in [0.25, 0.3) is 5.56 Å². The number of rotatable bonds is 12. The smallest absolute Gasteiger partial charge is 0.394 e. The molecule has 264 valence electrons. The van der Waals surface area contributed by atoms with Crippen LogP contribution in [0.1, 0.15) is 26.3 Å². The molecule has 9 atom stereocenters. The summed E-state index contributed by atoms with van der Waals surface area (Å²) < 4.78 is 94.3. The lowest BCUT2D eigenvalue weighted by molar-refractivity contribution is -0.118. The fourth-order valence-electron chi connectivity index (χ4n) is 5.25. The van der Waals surface area contributed by atoms with Gasteiger partial charge in [0.15, 0.2) is 53.8 Å². The largest absolute Gasteiger partial charge is 0.695 e. The number of imidazole rings is 2. The van der Waals surface area contributed by atoms with E-state index in [1.54, 1.807) is 13.8 Å². The molecule has 25 heteroatoms. The molecular weight excluding hydrogens is 705 g/mol. The van der Waals surface area contributed by atoms with E-state index < -0.39 is 98.3 Å². The van der Waals surface area contributed by atoms with E-state index in [0.29, 0.717) is 0 Å². The first-order valence-corrected chi connectivity index (χ1v) is 16.9. The maximum atomic E-state index is 15.6. The first-order valence-electron chi connectivity index (χ1n) is 14.4. The number of amides is 1. The van der Waals surface area contributed by atoms with Crippen molar-refractivity contribution in [1.29, 1.82) is 0 Å². The molecule has 0 bridgehead atoms. The number of nitrogens with one attached hydrogen (secondary N) is 3. The molecule has 0 radical (unpaired) electrons. The Kier molecular flexibility index (Phi) is 9.76. The number of carbonyl (C=O) groups excluding carboxylic acids is 1. The summed E-state index contributed by atoms with van der Waals surface area (Å²) in [4.78, 5) is 56.5. The minimum Gasteiger partial charge on any atom is -0.394 e. The summed E-state index contributed by atoms with van der Waals surface area (Å²) in [7, 11) is -8.35. The van der Waals surface area contributed by atoms with Gasteiger partial charge >= 0.3 is 18.6 Å². The van der Waals surface area contributed by atoms with Crippen molar-refractivity contribution < 1.29 is 54.7 Å². The lowest BCUT2D eigenvalue weighted by Gasteiger charge is -2.22. The maximum Gasteiger partial charge on any atom is 0.695 e. The maximum absolute atomic E-state index is 15.6. The molecule has 6 heterocycles. The molecule has 21 nitrogen and oxygen atoms in total. The van der Waals surface area contributed by atoms with Crippen LogP contribution in [0.2, 0.25) is 0 Å². The van der Waals surface area contributed by atoms with E-state index >= 15 is 8.78 Å². The summed E-state index contributed by atoms with van der Waals surface area (Å²) in [5, 5.41) is 12.1. The highest BCUT2D eigenvalue weighted by Gasteiger charge is 2.53. The number of aromatic amines is 1. The Morgan fingerprint density at radius 2 is 1.82 bits per heavy atom. The quantitative estimate of drug-likeness (QED) is 0.112. The second-order valence-electron chi connectivity index (χ2n) is 11.1. The van der Waals surface area contributed by atoms with Crippen LogP contribution in [0, 0.1) is 5.92 Å². The number of alkyl halides is 2. The molecule has 1 unspecified atom stereocenters. The van der Waals surface area contributed by atoms with E-state index in [1.807, 2.05) is 4.72 Å². The molecule has 2 aliphatic heterocycles. The third-order valence-electron chi connectivity index (χ3n) is 7.61.